The molecule has 3 rings (SSSR count). The van der Waals surface area contributed by atoms with Gasteiger partial charge in [-0.3, -0.25) is 14.5 Å². The number of hydrogen-bond donors (Lipinski definition) is 1. The Kier molecular flexibility index (Phi) is 4.96. The molecule has 1 N–H and O–H groups in total. The SMILES string of the molecule is COc1ccc(CN2CCN(C(=O)c3ccc(=O)[nH]c3)CC2)cc1. The highest BCUT2D eigenvalue weighted by atomic mass is 16.5. The largest absolute Gasteiger partial charge is 0.497 e. The molecule has 24 heavy (non-hydrogen) atoms. The summed E-state index contributed by atoms with van der Waals surface area (Å²) < 4.78 is 5.17. The number of carbonyl (C=O) groups excluding carboxylic acids is 1. The van der Waals surface area contributed by atoms with Crippen molar-refractivity contribution in [3.63, 3.8) is 0 Å². The van der Waals surface area contributed by atoms with Gasteiger partial charge in [-0.2, -0.15) is 0 Å². The average Bonchev–Trinajstić information content (AvgIpc) is 2.63. The summed E-state index contributed by atoms with van der Waals surface area (Å²) in [5.41, 5.74) is 1.56. The molecule has 1 fully saturated rings. The Hall–Kier alpha value is -2.60. The molecule has 0 bridgehead atoms. The summed E-state index contributed by atoms with van der Waals surface area (Å²) in [7, 11) is 1.66. The molecule has 1 aliphatic heterocycles. The quantitative estimate of drug-likeness (QED) is 0.920. The smallest absolute Gasteiger partial charge is 0.255 e. The van der Waals surface area contributed by atoms with E-state index in [9.17, 15) is 9.59 Å². The number of nitrogens with zero attached hydrogens (tertiary/aromatic N) is 2. The molecule has 1 aromatic heterocycles. The van der Waals surface area contributed by atoms with Crippen molar-refractivity contribution in [2.75, 3.05) is 33.3 Å². The molecule has 0 aliphatic carbocycles. The molecular formula is C18H21N3O3. The van der Waals surface area contributed by atoms with Crippen LogP contribution in [0.15, 0.2) is 47.4 Å². The second-order valence-corrected chi connectivity index (χ2v) is 5.86. The van der Waals surface area contributed by atoms with E-state index in [1.807, 2.05) is 17.0 Å². The van der Waals surface area contributed by atoms with Crippen LogP contribution in [0.3, 0.4) is 0 Å². The van der Waals surface area contributed by atoms with E-state index >= 15 is 0 Å². The second kappa shape index (κ2) is 7.31. The maximum absolute atomic E-state index is 12.4. The summed E-state index contributed by atoms with van der Waals surface area (Å²) in [6, 6.07) is 11.0. The number of amides is 1. The van der Waals surface area contributed by atoms with Crippen LogP contribution in [-0.2, 0) is 6.54 Å². The van der Waals surface area contributed by atoms with Crippen molar-refractivity contribution in [2.24, 2.45) is 0 Å². The van der Waals surface area contributed by atoms with E-state index in [-0.39, 0.29) is 11.5 Å². The van der Waals surface area contributed by atoms with Crippen LogP contribution in [0.2, 0.25) is 0 Å². The fourth-order valence-corrected chi connectivity index (χ4v) is 2.82. The van der Waals surface area contributed by atoms with Crippen molar-refractivity contribution in [1.29, 1.82) is 0 Å². The van der Waals surface area contributed by atoms with E-state index in [0.717, 1.165) is 25.4 Å². The molecule has 0 atom stereocenters. The lowest BCUT2D eigenvalue weighted by molar-refractivity contribution is 0.0628. The molecule has 1 aliphatic rings. The zero-order valence-corrected chi connectivity index (χ0v) is 13.7. The summed E-state index contributed by atoms with van der Waals surface area (Å²) >= 11 is 0. The number of pyridine rings is 1. The first kappa shape index (κ1) is 16.3. The first-order valence-corrected chi connectivity index (χ1v) is 7.99. The van der Waals surface area contributed by atoms with Crippen molar-refractivity contribution in [2.45, 2.75) is 6.54 Å². The summed E-state index contributed by atoms with van der Waals surface area (Å²) in [5.74, 6) is 0.824. The molecule has 0 spiro atoms. The highest BCUT2D eigenvalue weighted by Gasteiger charge is 2.22. The number of rotatable bonds is 4. The lowest BCUT2D eigenvalue weighted by Gasteiger charge is -2.34. The van der Waals surface area contributed by atoms with Gasteiger partial charge in [-0.15, -0.1) is 0 Å². The van der Waals surface area contributed by atoms with Gasteiger partial charge in [-0.25, -0.2) is 0 Å². The molecule has 2 aromatic rings. The van der Waals surface area contributed by atoms with Crippen LogP contribution in [0.4, 0.5) is 0 Å². The van der Waals surface area contributed by atoms with Crippen LogP contribution in [0.25, 0.3) is 0 Å². The Balaban J connectivity index is 1.54. The Labute approximate surface area is 140 Å². The van der Waals surface area contributed by atoms with Gasteiger partial charge in [0.2, 0.25) is 5.56 Å². The molecule has 1 aromatic carbocycles. The van der Waals surface area contributed by atoms with Gasteiger partial charge >= 0.3 is 0 Å². The van der Waals surface area contributed by atoms with Crippen LogP contribution in [0, 0.1) is 0 Å². The number of aromatic nitrogens is 1. The monoisotopic (exact) mass is 327 g/mol. The summed E-state index contributed by atoms with van der Waals surface area (Å²) in [6.45, 7) is 3.91. The van der Waals surface area contributed by atoms with Gasteiger partial charge in [0.1, 0.15) is 5.75 Å². The summed E-state index contributed by atoms with van der Waals surface area (Å²) in [4.78, 5) is 30.2. The van der Waals surface area contributed by atoms with E-state index < -0.39 is 0 Å². The van der Waals surface area contributed by atoms with E-state index in [4.69, 9.17) is 4.74 Å². The zero-order valence-electron chi connectivity index (χ0n) is 13.7. The molecule has 0 unspecified atom stereocenters. The maximum Gasteiger partial charge on any atom is 0.255 e. The second-order valence-electron chi connectivity index (χ2n) is 5.86. The van der Waals surface area contributed by atoms with Gasteiger partial charge < -0.3 is 14.6 Å². The topological polar surface area (TPSA) is 65.6 Å². The van der Waals surface area contributed by atoms with Crippen LogP contribution >= 0.6 is 0 Å². The van der Waals surface area contributed by atoms with Gasteiger partial charge in [0, 0.05) is 45.0 Å². The number of ether oxygens (including phenoxy) is 1. The minimum atomic E-state index is -0.198. The normalized spacial score (nSPS) is 15.3. The third-order valence-corrected chi connectivity index (χ3v) is 4.26. The molecule has 6 nitrogen and oxygen atoms in total. The molecule has 1 amide bonds. The first-order valence-electron chi connectivity index (χ1n) is 7.99. The Morgan fingerprint density at radius 2 is 1.79 bits per heavy atom. The third kappa shape index (κ3) is 3.83. The lowest BCUT2D eigenvalue weighted by atomic mass is 10.1. The molecule has 1 saturated heterocycles. The fraction of sp³-hybridized carbons (Fsp3) is 0.333. The van der Waals surface area contributed by atoms with Gasteiger partial charge in [-0.05, 0) is 23.8 Å². The molecule has 2 heterocycles. The number of piperazine rings is 1. The highest BCUT2D eigenvalue weighted by Crippen LogP contribution is 2.14. The lowest BCUT2D eigenvalue weighted by Crippen LogP contribution is -2.48. The Morgan fingerprint density at radius 1 is 1.08 bits per heavy atom. The van der Waals surface area contributed by atoms with Crippen molar-refractivity contribution in [3.8, 4) is 5.75 Å². The molecule has 0 radical (unpaired) electrons. The average molecular weight is 327 g/mol. The number of hydrogen-bond acceptors (Lipinski definition) is 4. The number of benzene rings is 1. The van der Waals surface area contributed by atoms with Crippen molar-refractivity contribution in [3.05, 3.63) is 64.1 Å². The summed E-state index contributed by atoms with van der Waals surface area (Å²) in [5, 5.41) is 0. The number of methoxy groups -OCH3 is 1. The van der Waals surface area contributed by atoms with Crippen LogP contribution in [0.5, 0.6) is 5.75 Å². The van der Waals surface area contributed by atoms with E-state index in [1.54, 1.807) is 13.2 Å². The van der Waals surface area contributed by atoms with E-state index in [0.29, 0.717) is 18.7 Å². The fourth-order valence-electron chi connectivity index (χ4n) is 2.82. The van der Waals surface area contributed by atoms with Crippen LogP contribution in [-0.4, -0.2) is 54.0 Å². The first-order chi connectivity index (χ1) is 11.7. The van der Waals surface area contributed by atoms with Gasteiger partial charge in [0.15, 0.2) is 0 Å². The molecule has 126 valence electrons. The van der Waals surface area contributed by atoms with E-state index in [2.05, 4.69) is 22.0 Å². The number of nitrogens with one attached hydrogen (secondary N) is 1. The van der Waals surface area contributed by atoms with E-state index in [1.165, 1.54) is 17.8 Å². The Morgan fingerprint density at radius 3 is 2.38 bits per heavy atom. The van der Waals surface area contributed by atoms with Crippen molar-refractivity contribution in [1.82, 2.24) is 14.8 Å². The molecular weight excluding hydrogens is 306 g/mol. The Bertz CT molecular complexity index is 726. The predicted molar refractivity (Wildman–Crippen MR) is 91.2 cm³/mol. The number of carbonyl (C=O) groups is 1. The molecule has 6 heteroatoms. The minimum absolute atomic E-state index is 0.0321. The van der Waals surface area contributed by atoms with Crippen LogP contribution < -0.4 is 10.3 Å². The van der Waals surface area contributed by atoms with Gasteiger partial charge in [0.05, 0.1) is 12.7 Å². The van der Waals surface area contributed by atoms with Crippen molar-refractivity contribution < 1.29 is 9.53 Å². The number of H-pyrrole nitrogens is 1. The summed E-state index contributed by atoms with van der Waals surface area (Å²) in [6.07, 6.45) is 1.48. The predicted octanol–water partition coefficient (Wildman–Crippen LogP) is 1.34. The third-order valence-electron chi connectivity index (χ3n) is 4.26. The van der Waals surface area contributed by atoms with Gasteiger partial charge in [-0.1, -0.05) is 12.1 Å². The maximum atomic E-state index is 12.4. The highest BCUT2D eigenvalue weighted by molar-refractivity contribution is 5.93. The standard InChI is InChI=1S/C18H21N3O3/c1-24-16-5-2-14(3-6-16)13-20-8-10-21(11-9-20)18(23)15-4-7-17(22)19-12-15/h2-7,12H,8-11,13H2,1H3,(H,19,22). The van der Waals surface area contributed by atoms with Crippen molar-refractivity contribution >= 4 is 5.91 Å². The molecule has 0 saturated carbocycles. The van der Waals surface area contributed by atoms with Crippen LogP contribution in [0.1, 0.15) is 15.9 Å². The zero-order chi connectivity index (χ0) is 16.9. The minimum Gasteiger partial charge on any atom is -0.497 e. The van der Waals surface area contributed by atoms with Gasteiger partial charge in [0.25, 0.3) is 5.91 Å². The number of aromatic amines is 1.